The van der Waals surface area contributed by atoms with Gasteiger partial charge in [-0.1, -0.05) is 0 Å². The summed E-state index contributed by atoms with van der Waals surface area (Å²) < 4.78 is 2.00. The van der Waals surface area contributed by atoms with Gasteiger partial charge in [-0.2, -0.15) is 0 Å². The minimum atomic E-state index is 0.532. The van der Waals surface area contributed by atoms with Crippen molar-refractivity contribution in [1.82, 2.24) is 9.55 Å². The van der Waals surface area contributed by atoms with Crippen LogP contribution in [0.1, 0.15) is 12.2 Å². The average Bonchev–Trinajstić information content (AvgIpc) is 2.22. The van der Waals surface area contributed by atoms with Crippen molar-refractivity contribution in [2.24, 2.45) is 0 Å². The number of aromatic nitrogens is 2. The highest BCUT2D eigenvalue weighted by atomic mass is 15.1. The van der Waals surface area contributed by atoms with Crippen LogP contribution < -0.4 is 5.73 Å². The lowest BCUT2D eigenvalue weighted by atomic mass is 10.4. The zero-order valence-electron chi connectivity index (χ0n) is 5.09. The van der Waals surface area contributed by atoms with Crippen LogP contribution in [0.5, 0.6) is 0 Å². The third kappa shape index (κ3) is 0.608. The van der Waals surface area contributed by atoms with E-state index in [2.05, 4.69) is 11.2 Å². The van der Waals surface area contributed by atoms with E-state index in [9.17, 15) is 0 Å². The fourth-order valence-electron chi connectivity index (χ4n) is 1.20. The first kappa shape index (κ1) is 4.85. The van der Waals surface area contributed by atoms with E-state index < -0.39 is 0 Å². The van der Waals surface area contributed by atoms with Gasteiger partial charge in [-0.25, -0.2) is 4.98 Å². The smallest absolute Gasteiger partial charge is 0.151 e. The van der Waals surface area contributed by atoms with E-state index in [1.165, 1.54) is 6.42 Å². The maximum Gasteiger partial charge on any atom is 0.151 e. The van der Waals surface area contributed by atoms with E-state index in [1.807, 2.05) is 4.57 Å². The number of fused-ring (bicyclic) bond motifs is 1. The molecule has 0 spiro atoms. The molecule has 1 aromatic heterocycles. The lowest BCUT2D eigenvalue weighted by Gasteiger charge is -1.87. The highest BCUT2D eigenvalue weighted by molar-refractivity contribution is 5.25. The Kier molecular flexibility index (Phi) is 0.806. The topological polar surface area (TPSA) is 43.8 Å². The zero-order valence-corrected chi connectivity index (χ0v) is 5.09. The van der Waals surface area contributed by atoms with Crippen molar-refractivity contribution >= 4 is 5.82 Å². The summed E-state index contributed by atoms with van der Waals surface area (Å²) >= 11 is 0. The number of imidazole rings is 1. The fourth-order valence-corrected chi connectivity index (χ4v) is 1.20. The molecule has 1 aliphatic heterocycles. The number of hydrogen-bond acceptors (Lipinski definition) is 2. The number of aryl methyl sites for hydroxylation is 2. The van der Waals surface area contributed by atoms with E-state index in [1.54, 1.807) is 0 Å². The van der Waals surface area contributed by atoms with Crippen molar-refractivity contribution in [3.05, 3.63) is 12.0 Å². The van der Waals surface area contributed by atoms with E-state index in [0.29, 0.717) is 5.82 Å². The second kappa shape index (κ2) is 1.50. The minimum Gasteiger partial charge on any atom is -0.382 e. The van der Waals surface area contributed by atoms with Gasteiger partial charge in [-0.15, -0.1) is 0 Å². The Morgan fingerprint density at radius 3 is 3.33 bits per heavy atom. The van der Waals surface area contributed by atoms with Crippen LogP contribution in [0.2, 0.25) is 0 Å². The maximum atomic E-state index is 5.40. The van der Waals surface area contributed by atoms with E-state index in [-0.39, 0.29) is 0 Å². The van der Waals surface area contributed by atoms with Gasteiger partial charge < -0.3 is 10.3 Å². The summed E-state index contributed by atoms with van der Waals surface area (Å²) in [5, 5.41) is 0. The first-order valence-electron chi connectivity index (χ1n) is 3.10. The molecule has 2 rings (SSSR count). The summed E-state index contributed by atoms with van der Waals surface area (Å²) in [7, 11) is 0. The third-order valence-electron chi connectivity index (χ3n) is 1.59. The summed E-state index contributed by atoms with van der Waals surface area (Å²) in [6.07, 6.45) is 5.20. The van der Waals surface area contributed by atoms with Crippen molar-refractivity contribution in [3.8, 4) is 0 Å². The van der Waals surface area contributed by atoms with E-state index in [4.69, 9.17) is 5.73 Å². The Bertz CT molecular complexity index is 205. The maximum absolute atomic E-state index is 5.40. The molecular weight excluding hydrogens is 114 g/mol. The summed E-state index contributed by atoms with van der Waals surface area (Å²) in [4.78, 5) is 4.08. The van der Waals surface area contributed by atoms with Crippen molar-refractivity contribution < 1.29 is 0 Å². The Hall–Kier alpha value is -0.990. The molecule has 3 nitrogen and oxygen atoms in total. The van der Waals surface area contributed by atoms with Gasteiger partial charge in [0, 0.05) is 13.0 Å². The molecule has 0 unspecified atom stereocenters. The van der Waals surface area contributed by atoms with Crippen LogP contribution in [0.4, 0.5) is 5.82 Å². The highest BCUT2D eigenvalue weighted by Gasteiger charge is 2.11. The molecular formula is C6H8N3. The van der Waals surface area contributed by atoms with Gasteiger partial charge in [-0.05, 0) is 6.42 Å². The molecule has 2 N–H and O–H groups in total. The molecule has 0 fully saturated rings. The highest BCUT2D eigenvalue weighted by Crippen LogP contribution is 2.13. The molecule has 0 saturated carbocycles. The number of nitrogens with zero attached hydrogens (tertiary/aromatic N) is 2. The quantitative estimate of drug-likeness (QED) is 0.534. The molecule has 0 bridgehead atoms. The van der Waals surface area contributed by atoms with Crippen molar-refractivity contribution in [1.29, 1.82) is 0 Å². The number of anilines is 1. The number of nitrogens with two attached hydrogens (primary N) is 1. The summed E-state index contributed by atoms with van der Waals surface area (Å²) in [5.41, 5.74) is 5.40. The van der Waals surface area contributed by atoms with Gasteiger partial charge in [0.2, 0.25) is 0 Å². The molecule has 0 amide bonds. The van der Waals surface area contributed by atoms with Gasteiger partial charge >= 0.3 is 0 Å². The molecule has 0 aromatic carbocycles. The van der Waals surface area contributed by atoms with Crippen molar-refractivity contribution in [3.63, 3.8) is 0 Å². The Labute approximate surface area is 53.5 Å². The number of rotatable bonds is 0. The van der Waals surface area contributed by atoms with Gasteiger partial charge in [0.25, 0.3) is 0 Å². The monoisotopic (exact) mass is 122 g/mol. The zero-order chi connectivity index (χ0) is 6.27. The fraction of sp³-hybridized carbons (Fsp3) is 0.500. The Morgan fingerprint density at radius 1 is 1.67 bits per heavy atom. The van der Waals surface area contributed by atoms with Crippen molar-refractivity contribution in [2.45, 2.75) is 19.4 Å². The van der Waals surface area contributed by atoms with E-state index in [0.717, 1.165) is 18.8 Å². The first-order chi connectivity index (χ1) is 4.36. The molecule has 0 saturated heterocycles. The molecule has 1 aromatic rings. The minimum absolute atomic E-state index is 0.532. The Morgan fingerprint density at radius 2 is 2.56 bits per heavy atom. The Balaban J connectivity index is 2.51. The second-order valence-electron chi connectivity index (χ2n) is 2.28. The lowest BCUT2D eigenvalue weighted by molar-refractivity contribution is 0.746. The first-order valence-corrected chi connectivity index (χ1v) is 3.10. The summed E-state index contributed by atoms with van der Waals surface area (Å²) in [5.74, 6) is 1.62. The third-order valence-corrected chi connectivity index (χ3v) is 1.59. The molecule has 47 valence electrons. The van der Waals surface area contributed by atoms with Gasteiger partial charge in [0.05, 0.1) is 0 Å². The van der Waals surface area contributed by atoms with Gasteiger partial charge in [0.15, 0.2) is 5.82 Å². The normalized spacial score (nSPS) is 16.0. The van der Waals surface area contributed by atoms with Crippen LogP contribution in [0.15, 0.2) is 0 Å². The number of hydrogen-bond donors (Lipinski definition) is 1. The molecule has 9 heavy (non-hydrogen) atoms. The molecule has 3 heteroatoms. The van der Waals surface area contributed by atoms with E-state index >= 15 is 0 Å². The SMILES string of the molecule is Nc1[c]n2c(n1)CCC2. The largest absolute Gasteiger partial charge is 0.382 e. The standard InChI is InChI=1S/C6H8N3/c7-5-4-9-3-1-2-6(9)8-5/h1-3,7H2. The molecule has 2 heterocycles. The van der Waals surface area contributed by atoms with Crippen molar-refractivity contribution in [2.75, 3.05) is 5.73 Å². The molecule has 0 atom stereocenters. The van der Waals surface area contributed by atoms with Crippen LogP contribution >= 0.6 is 0 Å². The average molecular weight is 122 g/mol. The second-order valence-corrected chi connectivity index (χ2v) is 2.28. The predicted molar refractivity (Wildman–Crippen MR) is 33.8 cm³/mol. The lowest BCUT2D eigenvalue weighted by Crippen LogP contribution is -1.88. The van der Waals surface area contributed by atoms with Crippen LogP contribution in [-0.2, 0) is 13.0 Å². The molecule has 1 aliphatic rings. The van der Waals surface area contributed by atoms with Crippen LogP contribution in [0.3, 0.4) is 0 Å². The molecule has 0 aliphatic carbocycles. The van der Waals surface area contributed by atoms with Crippen LogP contribution in [-0.4, -0.2) is 9.55 Å². The van der Waals surface area contributed by atoms with Crippen LogP contribution in [0, 0.1) is 6.20 Å². The summed E-state index contributed by atoms with van der Waals surface area (Å²) in [6, 6.07) is 0. The number of nitrogen functional groups attached to an aromatic ring is 1. The van der Waals surface area contributed by atoms with Crippen LogP contribution in [0.25, 0.3) is 0 Å². The predicted octanol–water partition coefficient (Wildman–Crippen LogP) is 0.212. The molecule has 1 radical (unpaired) electrons. The summed E-state index contributed by atoms with van der Waals surface area (Å²) in [6.45, 7) is 1.04. The van der Waals surface area contributed by atoms with Gasteiger partial charge in [-0.3, -0.25) is 0 Å². The van der Waals surface area contributed by atoms with Gasteiger partial charge in [0.1, 0.15) is 12.0 Å².